The molecule has 0 bridgehead atoms. The molecule has 2 saturated heterocycles. The number of Topliss-reactive ketones (excluding diaryl/α,β-unsaturated/α-hetero) is 1. The van der Waals surface area contributed by atoms with Gasteiger partial charge in [0, 0.05) is 56.7 Å². The van der Waals surface area contributed by atoms with Crippen LogP contribution < -0.4 is 10.2 Å². The highest BCUT2D eigenvalue weighted by atomic mass is 16.5. The summed E-state index contributed by atoms with van der Waals surface area (Å²) in [5.41, 5.74) is 3.86. The van der Waals surface area contributed by atoms with Crippen LogP contribution in [0.15, 0.2) is 28.8 Å². The Morgan fingerprint density at radius 1 is 1.09 bits per heavy atom. The maximum absolute atomic E-state index is 12.4. The van der Waals surface area contributed by atoms with E-state index >= 15 is 0 Å². The number of nitrogens with zero attached hydrogens (tertiary/aromatic N) is 3. The van der Waals surface area contributed by atoms with Crippen LogP contribution in [0.4, 0.5) is 5.69 Å². The lowest BCUT2D eigenvalue weighted by Gasteiger charge is -2.37. The highest BCUT2D eigenvalue weighted by molar-refractivity contribution is 5.98. The van der Waals surface area contributed by atoms with Gasteiger partial charge in [0.15, 0.2) is 11.5 Å². The van der Waals surface area contributed by atoms with Crippen LogP contribution in [0.5, 0.6) is 0 Å². The molecule has 1 N–H and O–H groups in total. The van der Waals surface area contributed by atoms with Gasteiger partial charge in [-0.2, -0.15) is 0 Å². The van der Waals surface area contributed by atoms with E-state index in [9.17, 15) is 9.59 Å². The molecule has 2 aromatic rings. The van der Waals surface area contributed by atoms with Crippen LogP contribution in [0.2, 0.25) is 0 Å². The molecule has 2 fully saturated rings. The summed E-state index contributed by atoms with van der Waals surface area (Å²) in [4.78, 5) is 29.7. The van der Waals surface area contributed by atoms with E-state index in [0.717, 1.165) is 68.1 Å². The Labute approximate surface area is 190 Å². The second kappa shape index (κ2) is 9.86. The molecule has 7 heteroatoms. The minimum atomic E-state index is -0.0221. The SMILES string of the molecule is Cc1cccc(C(=O)CCC(=O)N[C@@H]2CCN(C3CCN(c4c(C)noc4C)CC3)C2)c1. The summed E-state index contributed by atoms with van der Waals surface area (Å²) in [6.07, 6.45) is 3.69. The first-order chi connectivity index (χ1) is 15.4. The van der Waals surface area contributed by atoms with E-state index in [-0.39, 0.29) is 30.6 Å². The predicted octanol–water partition coefficient (Wildman–Crippen LogP) is 3.42. The van der Waals surface area contributed by atoms with Crippen LogP contribution in [0.25, 0.3) is 0 Å². The molecule has 0 unspecified atom stereocenters. The second-order valence-corrected chi connectivity index (χ2v) is 9.23. The summed E-state index contributed by atoms with van der Waals surface area (Å²) in [7, 11) is 0. The van der Waals surface area contributed by atoms with Crippen molar-refractivity contribution in [2.24, 2.45) is 0 Å². The number of aryl methyl sites for hydroxylation is 3. The number of hydrogen-bond donors (Lipinski definition) is 1. The molecule has 0 saturated carbocycles. The molecule has 1 atom stereocenters. The lowest BCUT2D eigenvalue weighted by molar-refractivity contribution is -0.121. The molecule has 32 heavy (non-hydrogen) atoms. The standard InChI is InChI=1S/C25H34N4O3/c1-17-5-4-6-20(15-17)23(30)7-8-24(31)26-21-9-12-29(16-21)22-10-13-28(14-11-22)25-18(2)27-32-19(25)3/h4-6,15,21-22H,7-14,16H2,1-3H3,(H,26,31)/t21-/m1/s1. The van der Waals surface area contributed by atoms with Crippen LogP contribution in [0, 0.1) is 20.8 Å². The van der Waals surface area contributed by atoms with Gasteiger partial charge in [0.2, 0.25) is 5.91 Å². The number of piperidine rings is 1. The Bertz CT molecular complexity index is 942. The number of carbonyl (C=O) groups excluding carboxylic acids is 2. The fraction of sp³-hybridized carbons (Fsp3) is 0.560. The van der Waals surface area contributed by atoms with E-state index in [2.05, 4.69) is 20.3 Å². The molecule has 2 aliphatic rings. The zero-order valence-corrected chi connectivity index (χ0v) is 19.4. The van der Waals surface area contributed by atoms with Crippen LogP contribution in [0.3, 0.4) is 0 Å². The van der Waals surface area contributed by atoms with Crippen LogP contribution in [0.1, 0.15) is 59.5 Å². The number of carbonyl (C=O) groups is 2. The molecule has 172 valence electrons. The first-order valence-corrected chi connectivity index (χ1v) is 11.7. The minimum Gasteiger partial charge on any atom is -0.367 e. The summed E-state index contributed by atoms with van der Waals surface area (Å²) in [5, 5.41) is 7.23. The Morgan fingerprint density at radius 2 is 1.88 bits per heavy atom. The van der Waals surface area contributed by atoms with Crippen molar-refractivity contribution in [3.05, 3.63) is 46.8 Å². The predicted molar refractivity (Wildman–Crippen MR) is 124 cm³/mol. The third-order valence-corrected chi connectivity index (χ3v) is 6.80. The molecular formula is C25H34N4O3. The average Bonchev–Trinajstić information content (AvgIpc) is 3.38. The number of rotatable bonds is 7. The van der Waals surface area contributed by atoms with Crippen molar-refractivity contribution < 1.29 is 14.1 Å². The number of nitrogens with one attached hydrogen (secondary N) is 1. The zero-order valence-electron chi connectivity index (χ0n) is 19.4. The summed E-state index contributed by atoms with van der Waals surface area (Å²) >= 11 is 0. The van der Waals surface area contributed by atoms with Gasteiger partial charge in [0.1, 0.15) is 11.4 Å². The fourth-order valence-corrected chi connectivity index (χ4v) is 5.11. The van der Waals surface area contributed by atoms with E-state index in [4.69, 9.17) is 4.52 Å². The van der Waals surface area contributed by atoms with Crippen LogP contribution in [-0.2, 0) is 4.79 Å². The molecular weight excluding hydrogens is 404 g/mol. The smallest absolute Gasteiger partial charge is 0.220 e. The highest BCUT2D eigenvalue weighted by Crippen LogP contribution is 2.29. The molecule has 1 amide bonds. The van der Waals surface area contributed by atoms with E-state index < -0.39 is 0 Å². The average molecular weight is 439 g/mol. The maximum Gasteiger partial charge on any atom is 0.220 e. The van der Waals surface area contributed by atoms with Crippen molar-refractivity contribution in [2.45, 2.75) is 65.0 Å². The van der Waals surface area contributed by atoms with Gasteiger partial charge < -0.3 is 14.7 Å². The molecule has 2 aliphatic heterocycles. The molecule has 0 spiro atoms. The largest absolute Gasteiger partial charge is 0.367 e. The monoisotopic (exact) mass is 438 g/mol. The summed E-state index contributed by atoms with van der Waals surface area (Å²) < 4.78 is 5.33. The number of hydrogen-bond acceptors (Lipinski definition) is 6. The molecule has 7 nitrogen and oxygen atoms in total. The Hall–Kier alpha value is -2.67. The van der Waals surface area contributed by atoms with Gasteiger partial charge in [-0.05, 0) is 46.1 Å². The third-order valence-electron chi connectivity index (χ3n) is 6.80. The van der Waals surface area contributed by atoms with Gasteiger partial charge in [-0.1, -0.05) is 28.9 Å². The van der Waals surface area contributed by atoms with Crippen molar-refractivity contribution >= 4 is 17.4 Å². The first kappa shape index (κ1) is 22.5. The first-order valence-electron chi connectivity index (χ1n) is 11.7. The van der Waals surface area contributed by atoms with E-state index in [1.54, 1.807) is 0 Å². The van der Waals surface area contributed by atoms with E-state index in [1.807, 2.05) is 45.0 Å². The molecule has 1 aromatic heterocycles. The van der Waals surface area contributed by atoms with Gasteiger partial charge in [-0.3, -0.25) is 14.5 Å². The van der Waals surface area contributed by atoms with E-state index in [1.165, 1.54) is 0 Å². The van der Waals surface area contributed by atoms with Crippen molar-refractivity contribution in [1.82, 2.24) is 15.4 Å². The third kappa shape index (κ3) is 5.21. The zero-order chi connectivity index (χ0) is 22.7. The fourth-order valence-electron chi connectivity index (χ4n) is 5.11. The summed E-state index contributed by atoms with van der Waals surface area (Å²) in [6.45, 7) is 9.86. The van der Waals surface area contributed by atoms with Gasteiger partial charge in [-0.25, -0.2) is 0 Å². The van der Waals surface area contributed by atoms with Gasteiger partial charge >= 0.3 is 0 Å². The Kier molecular flexibility index (Phi) is 6.94. The molecule has 1 aromatic carbocycles. The molecule has 4 rings (SSSR count). The number of likely N-dealkylation sites (tertiary alicyclic amines) is 1. The molecule has 3 heterocycles. The number of ketones is 1. The van der Waals surface area contributed by atoms with Crippen molar-refractivity contribution in [2.75, 3.05) is 31.1 Å². The summed E-state index contributed by atoms with van der Waals surface area (Å²) in [6, 6.07) is 8.28. The van der Waals surface area contributed by atoms with Crippen molar-refractivity contribution in [1.29, 1.82) is 0 Å². The lowest BCUT2D eigenvalue weighted by atomic mass is 10.0. The van der Waals surface area contributed by atoms with Crippen molar-refractivity contribution in [3.8, 4) is 0 Å². The second-order valence-electron chi connectivity index (χ2n) is 9.23. The highest BCUT2D eigenvalue weighted by Gasteiger charge is 2.32. The normalized spacial score (nSPS) is 20.0. The number of amides is 1. The lowest BCUT2D eigenvalue weighted by Crippen LogP contribution is -2.45. The van der Waals surface area contributed by atoms with Crippen LogP contribution >= 0.6 is 0 Å². The van der Waals surface area contributed by atoms with E-state index in [0.29, 0.717) is 11.6 Å². The molecule has 0 radical (unpaired) electrons. The minimum absolute atomic E-state index is 0.0221. The maximum atomic E-state index is 12.4. The Morgan fingerprint density at radius 3 is 2.56 bits per heavy atom. The van der Waals surface area contributed by atoms with Gasteiger partial charge in [0.25, 0.3) is 0 Å². The van der Waals surface area contributed by atoms with Crippen LogP contribution in [-0.4, -0.2) is 60.0 Å². The van der Waals surface area contributed by atoms with Gasteiger partial charge in [0.05, 0.1) is 0 Å². The summed E-state index contributed by atoms with van der Waals surface area (Å²) in [5.74, 6) is 0.902. The topological polar surface area (TPSA) is 78.7 Å². The number of benzene rings is 1. The molecule has 0 aliphatic carbocycles. The number of anilines is 1. The van der Waals surface area contributed by atoms with Gasteiger partial charge in [-0.15, -0.1) is 0 Å². The Balaban J connectivity index is 1.19. The van der Waals surface area contributed by atoms with Crippen molar-refractivity contribution in [3.63, 3.8) is 0 Å². The number of aromatic nitrogens is 1. The quantitative estimate of drug-likeness (QED) is 0.668.